The number of anilines is 1. The van der Waals surface area contributed by atoms with Crippen molar-refractivity contribution in [2.45, 2.75) is 13.0 Å². The molecule has 0 unspecified atom stereocenters. The summed E-state index contributed by atoms with van der Waals surface area (Å²) in [4.78, 5) is 33.1. The summed E-state index contributed by atoms with van der Waals surface area (Å²) < 4.78 is 3.03. The molecule has 0 aliphatic rings. The Labute approximate surface area is 154 Å². The molecule has 0 saturated carbocycles. The van der Waals surface area contributed by atoms with Gasteiger partial charge in [-0.3, -0.25) is 14.2 Å². The maximum atomic E-state index is 12.5. The topological polar surface area (TPSA) is 94.7 Å². The Morgan fingerprint density at radius 3 is 2.70 bits per heavy atom. The Hall–Kier alpha value is -3.81. The third-order valence-electron chi connectivity index (χ3n) is 4.16. The zero-order chi connectivity index (χ0) is 18.6. The highest BCUT2D eigenvalue weighted by atomic mass is 16.2. The van der Waals surface area contributed by atoms with Crippen molar-refractivity contribution in [3.63, 3.8) is 0 Å². The van der Waals surface area contributed by atoms with Gasteiger partial charge in [0.05, 0.1) is 28.6 Å². The number of nitrogens with zero attached hydrogens (tertiary/aromatic N) is 5. The molecule has 0 radical (unpaired) electrons. The number of aromatic nitrogens is 5. The van der Waals surface area contributed by atoms with Gasteiger partial charge in [0.2, 0.25) is 5.91 Å². The van der Waals surface area contributed by atoms with E-state index in [0.717, 1.165) is 0 Å². The number of hydrogen-bond acceptors (Lipinski definition) is 5. The molecule has 0 bridgehead atoms. The second-order valence-electron chi connectivity index (χ2n) is 5.92. The van der Waals surface area contributed by atoms with Gasteiger partial charge in [-0.2, -0.15) is 5.10 Å². The Kier molecular flexibility index (Phi) is 4.44. The van der Waals surface area contributed by atoms with Crippen LogP contribution in [0.2, 0.25) is 0 Å². The maximum absolute atomic E-state index is 12.5. The zero-order valence-corrected chi connectivity index (χ0v) is 14.3. The molecule has 0 spiro atoms. The van der Waals surface area contributed by atoms with Gasteiger partial charge in [-0.15, -0.1) is 0 Å². The molecule has 0 aliphatic carbocycles. The number of benzene rings is 2. The molecule has 1 amide bonds. The van der Waals surface area contributed by atoms with Crippen molar-refractivity contribution >= 4 is 22.5 Å². The fourth-order valence-electron chi connectivity index (χ4n) is 2.81. The third-order valence-corrected chi connectivity index (χ3v) is 4.16. The number of amides is 1. The van der Waals surface area contributed by atoms with Crippen LogP contribution in [-0.4, -0.2) is 30.2 Å². The Bertz CT molecular complexity index is 1150. The van der Waals surface area contributed by atoms with Gasteiger partial charge in [0.1, 0.15) is 12.7 Å². The van der Waals surface area contributed by atoms with E-state index in [1.807, 2.05) is 24.3 Å². The maximum Gasteiger partial charge on any atom is 0.261 e. The number of fused-ring (bicyclic) bond motifs is 1. The van der Waals surface area contributed by atoms with E-state index in [9.17, 15) is 9.59 Å². The highest BCUT2D eigenvalue weighted by Gasteiger charge is 2.10. The summed E-state index contributed by atoms with van der Waals surface area (Å²) in [6.45, 7) is 0.244. The highest BCUT2D eigenvalue weighted by molar-refractivity contribution is 5.92. The lowest BCUT2D eigenvalue weighted by atomic mass is 10.2. The van der Waals surface area contributed by atoms with Crippen LogP contribution in [0, 0.1) is 0 Å². The number of hydrogen-bond donors (Lipinski definition) is 1. The Balaban J connectivity index is 1.49. The molecule has 2 aromatic carbocycles. The van der Waals surface area contributed by atoms with Gasteiger partial charge in [0.15, 0.2) is 0 Å². The van der Waals surface area contributed by atoms with Crippen molar-refractivity contribution in [1.29, 1.82) is 0 Å². The van der Waals surface area contributed by atoms with Crippen LogP contribution >= 0.6 is 0 Å². The van der Waals surface area contributed by atoms with E-state index in [1.54, 1.807) is 35.3 Å². The number of para-hydroxylation sites is 3. The number of aryl methyl sites for hydroxylation is 1. The summed E-state index contributed by atoms with van der Waals surface area (Å²) in [5.41, 5.74) is 1.83. The number of rotatable bonds is 5. The molecule has 0 aliphatic heterocycles. The summed E-state index contributed by atoms with van der Waals surface area (Å²) >= 11 is 0. The normalized spacial score (nSPS) is 10.8. The van der Waals surface area contributed by atoms with E-state index >= 15 is 0 Å². The molecular weight excluding hydrogens is 344 g/mol. The van der Waals surface area contributed by atoms with E-state index < -0.39 is 0 Å². The first kappa shape index (κ1) is 16.6. The van der Waals surface area contributed by atoms with Crippen LogP contribution in [0.4, 0.5) is 5.69 Å². The van der Waals surface area contributed by atoms with Gasteiger partial charge >= 0.3 is 0 Å². The molecule has 1 N–H and O–H groups in total. The lowest BCUT2D eigenvalue weighted by Crippen LogP contribution is -2.23. The van der Waals surface area contributed by atoms with Gasteiger partial charge in [-0.1, -0.05) is 24.3 Å². The van der Waals surface area contributed by atoms with Crippen LogP contribution in [0.3, 0.4) is 0 Å². The Morgan fingerprint density at radius 2 is 1.85 bits per heavy atom. The van der Waals surface area contributed by atoms with Crippen molar-refractivity contribution in [2.24, 2.45) is 0 Å². The molecule has 27 heavy (non-hydrogen) atoms. The van der Waals surface area contributed by atoms with E-state index in [1.165, 1.54) is 17.2 Å². The first-order chi connectivity index (χ1) is 13.2. The number of carbonyl (C=O) groups excluding carboxylic acids is 1. The van der Waals surface area contributed by atoms with Crippen LogP contribution in [-0.2, 0) is 11.3 Å². The summed E-state index contributed by atoms with van der Waals surface area (Å²) in [5.74, 6) is -0.206. The first-order valence-electron chi connectivity index (χ1n) is 8.40. The number of nitrogens with one attached hydrogen (secondary N) is 1. The van der Waals surface area contributed by atoms with Crippen LogP contribution in [0.5, 0.6) is 0 Å². The standard InChI is InChI=1S/C19H16N6O2/c26-18(23-16-7-3-4-8-17(16)25-12-20-11-22-25)9-10-24-13-21-15-6-2-1-5-14(15)19(24)27/h1-8,11-13H,9-10H2,(H,23,26). The van der Waals surface area contributed by atoms with Crippen molar-refractivity contribution < 1.29 is 4.79 Å². The lowest BCUT2D eigenvalue weighted by molar-refractivity contribution is -0.116. The van der Waals surface area contributed by atoms with Crippen LogP contribution < -0.4 is 10.9 Å². The minimum atomic E-state index is -0.206. The predicted molar refractivity (Wildman–Crippen MR) is 101 cm³/mol. The molecule has 2 heterocycles. The third kappa shape index (κ3) is 3.45. The van der Waals surface area contributed by atoms with E-state index in [-0.39, 0.29) is 24.4 Å². The first-order valence-corrected chi connectivity index (χ1v) is 8.40. The molecule has 4 rings (SSSR count). The van der Waals surface area contributed by atoms with Gasteiger partial charge in [-0.25, -0.2) is 14.6 Å². The molecule has 8 nitrogen and oxygen atoms in total. The molecule has 0 atom stereocenters. The number of carbonyl (C=O) groups is 1. The summed E-state index contributed by atoms with van der Waals surface area (Å²) in [5, 5.41) is 7.49. The smallest absolute Gasteiger partial charge is 0.261 e. The van der Waals surface area contributed by atoms with Gasteiger partial charge in [0, 0.05) is 13.0 Å². The van der Waals surface area contributed by atoms with Crippen molar-refractivity contribution in [2.75, 3.05) is 5.32 Å². The van der Waals surface area contributed by atoms with E-state index in [2.05, 4.69) is 20.4 Å². The van der Waals surface area contributed by atoms with Crippen molar-refractivity contribution in [3.8, 4) is 5.69 Å². The largest absolute Gasteiger partial charge is 0.324 e. The molecule has 2 aromatic heterocycles. The van der Waals surface area contributed by atoms with Crippen molar-refractivity contribution in [3.05, 3.63) is 77.9 Å². The quantitative estimate of drug-likeness (QED) is 0.587. The average molecular weight is 360 g/mol. The van der Waals surface area contributed by atoms with Crippen molar-refractivity contribution in [1.82, 2.24) is 24.3 Å². The average Bonchev–Trinajstić information content (AvgIpc) is 3.23. The second-order valence-corrected chi connectivity index (χ2v) is 5.92. The van der Waals surface area contributed by atoms with Gasteiger partial charge < -0.3 is 5.32 Å². The molecule has 134 valence electrons. The second kappa shape index (κ2) is 7.20. The summed E-state index contributed by atoms with van der Waals surface area (Å²) in [6.07, 6.45) is 4.61. The molecule has 0 saturated heterocycles. The molecule has 0 fully saturated rings. The van der Waals surface area contributed by atoms with Gasteiger partial charge in [0.25, 0.3) is 5.56 Å². The zero-order valence-electron chi connectivity index (χ0n) is 14.3. The van der Waals surface area contributed by atoms with Crippen LogP contribution in [0.15, 0.2) is 72.3 Å². The predicted octanol–water partition coefficient (Wildman–Crippen LogP) is 2.01. The fraction of sp³-hybridized carbons (Fsp3) is 0.105. The SMILES string of the molecule is O=C(CCn1cnc2ccccc2c1=O)Nc1ccccc1-n1cncn1. The molecule has 4 aromatic rings. The van der Waals surface area contributed by atoms with Gasteiger partial charge in [-0.05, 0) is 24.3 Å². The summed E-state index contributed by atoms with van der Waals surface area (Å²) in [6, 6.07) is 14.5. The lowest BCUT2D eigenvalue weighted by Gasteiger charge is -2.11. The monoisotopic (exact) mass is 360 g/mol. The minimum absolute atomic E-state index is 0.144. The van der Waals surface area contributed by atoms with E-state index in [4.69, 9.17) is 0 Å². The summed E-state index contributed by atoms with van der Waals surface area (Å²) in [7, 11) is 0. The van der Waals surface area contributed by atoms with Crippen LogP contribution in [0.1, 0.15) is 6.42 Å². The highest BCUT2D eigenvalue weighted by Crippen LogP contribution is 2.18. The molecule has 8 heteroatoms. The minimum Gasteiger partial charge on any atom is -0.324 e. The van der Waals surface area contributed by atoms with E-state index in [0.29, 0.717) is 22.3 Å². The van der Waals surface area contributed by atoms with Crippen LogP contribution in [0.25, 0.3) is 16.6 Å². The molecular formula is C19H16N6O2. The fourth-order valence-corrected chi connectivity index (χ4v) is 2.81. The Morgan fingerprint density at radius 1 is 1.04 bits per heavy atom.